The van der Waals surface area contributed by atoms with Gasteiger partial charge in [0.1, 0.15) is 57.8 Å². The van der Waals surface area contributed by atoms with Crippen LogP contribution in [0.3, 0.4) is 0 Å². The lowest BCUT2D eigenvalue weighted by Crippen LogP contribution is -2.72. The van der Waals surface area contributed by atoms with Crippen molar-refractivity contribution in [2.75, 3.05) is 11.5 Å². The summed E-state index contributed by atoms with van der Waals surface area (Å²) in [5, 5.41) is 26.4. The Morgan fingerprint density at radius 2 is 1.21 bits per heavy atom. The molecule has 6 atom stereocenters. The molecule has 15 nitrogen and oxygen atoms in total. The van der Waals surface area contributed by atoms with Gasteiger partial charge >= 0.3 is 0 Å². The minimum atomic E-state index is -1.38. The SMILES string of the molecule is C/C=C\C1=C(C(N)=O)N2C(=O)[C@@H](NC(=O)[C@H](NC(=O)C3=C(/C=C/C)CS[C@@H]4[C@H](NC(=O)[C@H](N)c5ccc(O)cc5)C(=O)N34)c3ccc(O)cc3)[C@H]2SC1. The van der Waals surface area contributed by atoms with E-state index in [4.69, 9.17) is 11.5 Å². The van der Waals surface area contributed by atoms with Crippen molar-refractivity contribution in [1.29, 1.82) is 0 Å². The third-order valence-corrected chi connectivity index (χ3v) is 11.7. The second kappa shape index (κ2) is 15.2. The highest BCUT2D eigenvalue weighted by Crippen LogP contribution is 2.42. The van der Waals surface area contributed by atoms with E-state index in [-0.39, 0.29) is 28.5 Å². The first-order valence-corrected chi connectivity index (χ1v) is 18.6. The number of allylic oxidation sites excluding steroid dienone is 4. The van der Waals surface area contributed by atoms with E-state index in [1.807, 2.05) is 0 Å². The van der Waals surface area contributed by atoms with Crippen LogP contribution in [0.5, 0.6) is 11.5 Å². The Morgan fingerprint density at radius 3 is 1.70 bits per heavy atom. The third-order valence-electron chi connectivity index (χ3n) is 9.07. The molecule has 2 aromatic carbocycles. The average molecular weight is 760 g/mol. The number of benzene rings is 2. The van der Waals surface area contributed by atoms with Gasteiger partial charge in [-0.05, 0) is 60.4 Å². The number of β-lactam (4-membered cyclic amide) rings is 2. The summed E-state index contributed by atoms with van der Waals surface area (Å²) in [5.74, 6) is -3.42. The number of phenolic OH excluding ortho intramolecular Hbond substituents is 2. The number of thioether (sulfide) groups is 2. The van der Waals surface area contributed by atoms with Crippen molar-refractivity contribution in [1.82, 2.24) is 25.8 Å². The summed E-state index contributed by atoms with van der Waals surface area (Å²) in [4.78, 5) is 83.1. The Hall–Kier alpha value is -5.52. The van der Waals surface area contributed by atoms with Gasteiger partial charge in [-0.25, -0.2) is 0 Å². The first-order valence-electron chi connectivity index (χ1n) is 16.5. The number of amides is 6. The molecule has 0 bridgehead atoms. The zero-order chi connectivity index (χ0) is 38.1. The number of nitrogens with one attached hydrogen (secondary N) is 3. The van der Waals surface area contributed by atoms with Crippen molar-refractivity contribution >= 4 is 59.0 Å². The van der Waals surface area contributed by atoms with Gasteiger partial charge in [0.15, 0.2) is 0 Å². The molecule has 9 N–H and O–H groups in total. The Morgan fingerprint density at radius 1 is 0.755 bits per heavy atom. The van der Waals surface area contributed by atoms with Crippen molar-refractivity contribution in [3.05, 3.63) is 107 Å². The van der Waals surface area contributed by atoms with E-state index >= 15 is 0 Å². The Labute approximate surface area is 312 Å². The summed E-state index contributed by atoms with van der Waals surface area (Å²) in [6.07, 6.45) is 6.83. The molecular weight excluding hydrogens is 723 g/mol. The van der Waals surface area contributed by atoms with Gasteiger partial charge in [-0.15, -0.1) is 23.5 Å². The van der Waals surface area contributed by atoms with E-state index in [9.17, 15) is 39.0 Å². The summed E-state index contributed by atoms with van der Waals surface area (Å²) >= 11 is 2.68. The van der Waals surface area contributed by atoms with Crippen LogP contribution in [0.1, 0.15) is 37.1 Å². The fourth-order valence-corrected chi connectivity index (χ4v) is 9.11. The summed E-state index contributed by atoms with van der Waals surface area (Å²) in [7, 11) is 0. The molecule has 0 radical (unpaired) electrons. The van der Waals surface area contributed by atoms with Crippen molar-refractivity contribution in [3.8, 4) is 11.5 Å². The fourth-order valence-electron chi connectivity index (χ4n) is 6.48. The molecule has 53 heavy (non-hydrogen) atoms. The van der Waals surface area contributed by atoms with E-state index in [0.29, 0.717) is 28.2 Å². The van der Waals surface area contributed by atoms with Crippen molar-refractivity contribution in [3.63, 3.8) is 0 Å². The van der Waals surface area contributed by atoms with E-state index < -0.39 is 70.4 Å². The van der Waals surface area contributed by atoms with Crippen LogP contribution >= 0.6 is 23.5 Å². The molecule has 4 aliphatic heterocycles. The van der Waals surface area contributed by atoms with Crippen molar-refractivity contribution in [2.24, 2.45) is 11.5 Å². The number of carbonyl (C=O) groups is 6. The minimum absolute atomic E-state index is 0.00538. The van der Waals surface area contributed by atoms with Gasteiger partial charge in [0.25, 0.3) is 23.6 Å². The maximum atomic E-state index is 14.2. The Kier molecular flexibility index (Phi) is 10.7. The highest BCUT2D eigenvalue weighted by Gasteiger charge is 2.56. The summed E-state index contributed by atoms with van der Waals surface area (Å²) < 4.78 is 0. The molecule has 2 fully saturated rings. The molecule has 17 heteroatoms. The number of carbonyl (C=O) groups excluding carboxylic acids is 6. The third kappa shape index (κ3) is 7.02. The summed E-state index contributed by atoms with van der Waals surface area (Å²) in [5.41, 5.74) is 13.6. The summed E-state index contributed by atoms with van der Waals surface area (Å²) in [6, 6.07) is 6.83. The minimum Gasteiger partial charge on any atom is -0.508 e. The molecule has 0 spiro atoms. The Balaban J connectivity index is 1.22. The van der Waals surface area contributed by atoms with Gasteiger partial charge in [-0.1, -0.05) is 48.6 Å². The van der Waals surface area contributed by atoms with Crippen LogP contribution in [-0.2, 0) is 28.8 Å². The van der Waals surface area contributed by atoms with Crippen LogP contribution < -0.4 is 27.4 Å². The fraction of sp³-hybridized carbons (Fsp3) is 0.278. The largest absolute Gasteiger partial charge is 0.508 e. The van der Waals surface area contributed by atoms with E-state index in [1.165, 1.54) is 81.9 Å². The predicted octanol–water partition coefficient (Wildman–Crippen LogP) is 0.901. The number of rotatable bonds is 11. The average Bonchev–Trinajstić information content (AvgIpc) is 3.14. The monoisotopic (exact) mass is 759 g/mol. The number of fused-ring (bicyclic) bond motifs is 2. The number of aromatic hydroxyl groups is 2. The van der Waals surface area contributed by atoms with Crippen LogP contribution in [0.4, 0.5) is 0 Å². The smallest absolute Gasteiger partial charge is 0.269 e. The number of nitrogens with two attached hydrogens (primary N) is 2. The molecule has 0 aromatic heterocycles. The zero-order valence-electron chi connectivity index (χ0n) is 28.5. The number of primary amides is 1. The first kappa shape index (κ1) is 37.2. The maximum Gasteiger partial charge on any atom is 0.269 e. The summed E-state index contributed by atoms with van der Waals surface area (Å²) in [6.45, 7) is 3.52. The van der Waals surface area contributed by atoms with Crippen molar-refractivity contribution < 1.29 is 39.0 Å². The van der Waals surface area contributed by atoms with Gasteiger partial charge in [0.05, 0.1) is 0 Å². The Bertz CT molecular complexity index is 2000. The second-order valence-corrected chi connectivity index (χ2v) is 14.7. The number of phenols is 2. The van der Waals surface area contributed by atoms with Gasteiger partial charge in [-0.3, -0.25) is 38.6 Å². The lowest BCUT2D eigenvalue weighted by atomic mass is 9.99. The molecule has 2 saturated heterocycles. The maximum absolute atomic E-state index is 14.2. The molecule has 4 heterocycles. The van der Waals surface area contributed by atoms with Crippen molar-refractivity contribution in [2.45, 2.75) is 48.8 Å². The van der Waals surface area contributed by atoms with Crippen LogP contribution in [0.2, 0.25) is 0 Å². The van der Waals surface area contributed by atoms with Gasteiger partial charge in [0.2, 0.25) is 11.8 Å². The first-order chi connectivity index (χ1) is 25.4. The van der Waals surface area contributed by atoms with Gasteiger partial charge in [0, 0.05) is 11.5 Å². The standard InChI is InChI=1S/C36H37N7O8S2/c1-3-5-19-15-52-35-26(33(50)42(35)27(19)29(38)46)41-31(48)24(18-9-13-22(45)14-10-18)39-32(49)28-20(6-4-2)16-53-36-25(34(51)43(28)36)40-30(47)23(37)17-7-11-21(44)12-8-17/h3-14,23-26,35-36,44-45H,15-16,37H2,1-2H3,(H2,38,46)(H,39,49)(H,40,47)(H,41,48)/b5-3-,6-4+/t23-,24-,25-,26-,35-,36-/m1/s1. The van der Waals surface area contributed by atoms with Crippen LogP contribution in [0.25, 0.3) is 0 Å². The molecule has 4 aliphatic rings. The molecule has 276 valence electrons. The van der Waals surface area contributed by atoms with Crippen LogP contribution in [-0.4, -0.2) is 89.8 Å². The molecule has 6 amide bonds. The molecule has 0 aliphatic carbocycles. The number of hydrogen-bond acceptors (Lipinski definition) is 11. The van der Waals surface area contributed by atoms with E-state index in [1.54, 1.807) is 38.2 Å². The number of nitrogens with zero attached hydrogens (tertiary/aromatic N) is 2. The molecule has 2 aromatic rings. The topological polar surface area (TPSA) is 237 Å². The highest BCUT2D eigenvalue weighted by molar-refractivity contribution is 8.00. The quantitative estimate of drug-likeness (QED) is 0.159. The van der Waals surface area contributed by atoms with Gasteiger partial charge < -0.3 is 37.6 Å². The lowest BCUT2D eigenvalue weighted by molar-refractivity contribution is -0.149. The number of hydrogen-bond donors (Lipinski definition) is 7. The van der Waals surface area contributed by atoms with Crippen LogP contribution in [0.15, 0.2) is 95.4 Å². The highest BCUT2D eigenvalue weighted by atomic mass is 32.2. The molecule has 0 unspecified atom stereocenters. The molecule has 0 saturated carbocycles. The van der Waals surface area contributed by atoms with E-state index in [0.717, 1.165) is 0 Å². The zero-order valence-corrected chi connectivity index (χ0v) is 30.1. The second-order valence-electron chi connectivity index (χ2n) is 12.5. The molecule has 6 rings (SSSR count). The van der Waals surface area contributed by atoms with E-state index in [2.05, 4.69) is 16.0 Å². The normalized spacial score (nSPS) is 23.5. The lowest BCUT2D eigenvalue weighted by Gasteiger charge is -2.50. The molecular formula is C36H37N7O8S2. The van der Waals surface area contributed by atoms with Crippen LogP contribution in [0, 0.1) is 0 Å². The van der Waals surface area contributed by atoms with Gasteiger partial charge in [-0.2, -0.15) is 0 Å². The predicted molar refractivity (Wildman–Crippen MR) is 197 cm³/mol.